The number of aryl methyl sites for hydroxylation is 1. The summed E-state index contributed by atoms with van der Waals surface area (Å²) in [6, 6.07) is 6.01. The van der Waals surface area contributed by atoms with Crippen LogP contribution in [-0.2, 0) is 21.7 Å². The van der Waals surface area contributed by atoms with Crippen molar-refractivity contribution in [1.29, 1.82) is 0 Å². The zero-order chi connectivity index (χ0) is 35.0. The maximum Gasteiger partial charge on any atom is 0.347 e. The Labute approximate surface area is 288 Å². The van der Waals surface area contributed by atoms with Crippen LogP contribution in [0.1, 0.15) is 125 Å². The minimum atomic E-state index is -0.664. The highest BCUT2D eigenvalue weighted by Gasteiger charge is 2.43. The van der Waals surface area contributed by atoms with Crippen LogP contribution in [0.3, 0.4) is 0 Å². The van der Waals surface area contributed by atoms with E-state index in [0.717, 1.165) is 79.3 Å². The molecule has 0 bridgehead atoms. The fraction of sp³-hybridized carbons (Fsp3) is 0.500. The van der Waals surface area contributed by atoms with Gasteiger partial charge in [0.1, 0.15) is 16.7 Å². The summed E-state index contributed by atoms with van der Waals surface area (Å²) in [6.45, 7) is 23.9. The standard InChI is InChI=1S/C42H48N2O5/c1-23-25(37(46)49-36-26(23)22-29-34-32(36)42(8,9)15-19-44(34)17-13-40(29,4)5)10-11-30(45)27-20-24-21-28-33-31(35(24)48-38(27)47)41(6,7)14-18-43(33)16-12-39(28,2)3/h10-11,20-22H,12-19H2,1-9H3/b11-10+. The van der Waals surface area contributed by atoms with Crippen LogP contribution in [-0.4, -0.2) is 32.0 Å². The van der Waals surface area contributed by atoms with Crippen LogP contribution >= 0.6 is 0 Å². The molecule has 0 saturated carbocycles. The van der Waals surface area contributed by atoms with Gasteiger partial charge in [-0.05, 0) is 101 Å². The summed E-state index contributed by atoms with van der Waals surface area (Å²) in [5.74, 6) is -0.500. The van der Waals surface area contributed by atoms with Crippen molar-refractivity contribution in [3.8, 4) is 0 Å². The van der Waals surface area contributed by atoms with Gasteiger partial charge < -0.3 is 18.6 Å². The third-order valence-electron chi connectivity index (χ3n) is 12.6. The van der Waals surface area contributed by atoms with Crippen molar-refractivity contribution in [2.75, 3.05) is 36.0 Å². The molecule has 0 saturated heterocycles. The van der Waals surface area contributed by atoms with Gasteiger partial charge in [-0.3, -0.25) is 4.79 Å². The molecule has 0 atom stereocenters. The number of anilines is 2. The van der Waals surface area contributed by atoms with Crippen molar-refractivity contribution in [3.05, 3.63) is 84.1 Å². The molecule has 7 nitrogen and oxygen atoms in total. The van der Waals surface area contributed by atoms with E-state index in [1.165, 1.54) is 34.7 Å². The zero-order valence-corrected chi connectivity index (χ0v) is 30.5. The Hall–Kier alpha value is -4.13. The number of benzene rings is 2. The molecule has 8 rings (SSSR count). The lowest BCUT2D eigenvalue weighted by Crippen LogP contribution is -2.44. The van der Waals surface area contributed by atoms with E-state index in [2.05, 4.69) is 77.3 Å². The quantitative estimate of drug-likeness (QED) is 0.124. The summed E-state index contributed by atoms with van der Waals surface area (Å²) in [6.07, 6.45) is 6.84. The number of nitrogens with zero attached hydrogens (tertiary/aromatic N) is 2. The van der Waals surface area contributed by atoms with Crippen molar-refractivity contribution in [2.24, 2.45) is 0 Å². The van der Waals surface area contributed by atoms with Gasteiger partial charge in [0.15, 0.2) is 5.78 Å². The first-order valence-corrected chi connectivity index (χ1v) is 17.9. The highest BCUT2D eigenvalue weighted by atomic mass is 16.4. The number of carbonyl (C=O) groups excluding carboxylic acids is 1. The van der Waals surface area contributed by atoms with Gasteiger partial charge in [0.2, 0.25) is 0 Å². The van der Waals surface area contributed by atoms with Crippen molar-refractivity contribution in [1.82, 2.24) is 0 Å². The summed E-state index contributed by atoms with van der Waals surface area (Å²) in [7, 11) is 0. The lowest BCUT2D eigenvalue weighted by atomic mass is 9.69. The topological polar surface area (TPSA) is 84.0 Å². The summed E-state index contributed by atoms with van der Waals surface area (Å²) in [5, 5.41) is 1.66. The predicted molar refractivity (Wildman–Crippen MR) is 198 cm³/mol. The number of fused-ring (bicyclic) bond motifs is 4. The van der Waals surface area contributed by atoms with Crippen LogP contribution < -0.4 is 21.1 Å². The minimum Gasteiger partial charge on any atom is -0.422 e. The van der Waals surface area contributed by atoms with Crippen molar-refractivity contribution < 1.29 is 13.6 Å². The maximum absolute atomic E-state index is 13.7. The molecule has 4 aromatic rings. The van der Waals surface area contributed by atoms with E-state index in [1.807, 2.05) is 6.92 Å². The van der Waals surface area contributed by atoms with Crippen LogP contribution in [0.25, 0.3) is 28.0 Å². The van der Waals surface area contributed by atoms with Gasteiger partial charge >= 0.3 is 11.3 Å². The second kappa shape index (κ2) is 10.2. The molecule has 4 aliphatic rings. The number of carbonyl (C=O) groups is 1. The first-order valence-electron chi connectivity index (χ1n) is 17.9. The van der Waals surface area contributed by atoms with Crippen LogP contribution in [0.2, 0.25) is 0 Å². The van der Waals surface area contributed by atoms with Crippen molar-refractivity contribution in [2.45, 2.75) is 110 Å². The van der Waals surface area contributed by atoms with E-state index in [1.54, 1.807) is 6.07 Å². The largest absolute Gasteiger partial charge is 0.422 e. The van der Waals surface area contributed by atoms with Gasteiger partial charge in [-0.25, -0.2) is 9.59 Å². The average molecular weight is 661 g/mol. The smallest absolute Gasteiger partial charge is 0.347 e. The molecule has 256 valence electrons. The fourth-order valence-corrected chi connectivity index (χ4v) is 9.15. The summed E-state index contributed by atoms with van der Waals surface area (Å²) in [4.78, 5) is 45.8. The molecule has 0 fully saturated rings. The third kappa shape index (κ3) is 4.63. The Morgan fingerprint density at radius 3 is 1.73 bits per heavy atom. The molecule has 6 heterocycles. The molecule has 7 heteroatoms. The molecule has 0 amide bonds. The van der Waals surface area contributed by atoms with E-state index in [4.69, 9.17) is 8.83 Å². The molecule has 2 aromatic carbocycles. The average Bonchev–Trinajstić information content (AvgIpc) is 3.01. The Bertz CT molecular complexity index is 2280. The maximum atomic E-state index is 13.7. The third-order valence-corrected chi connectivity index (χ3v) is 12.6. The van der Waals surface area contributed by atoms with Gasteiger partial charge in [-0.1, -0.05) is 55.4 Å². The molecule has 0 radical (unpaired) electrons. The monoisotopic (exact) mass is 660 g/mol. The Kier molecular flexibility index (Phi) is 6.69. The van der Waals surface area contributed by atoms with Gasteiger partial charge in [0.25, 0.3) is 0 Å². The van der Waals surface area contributed by atoms with Gasteiger partial charge in [-0.2, -0.15) is 0 Å². The highest BCUT2D eigenvalue weighted by molar-refractivity contribution is 6.08. The number of hydrogen-bond acceptors (Lipinski definition) is 7. The second-order valence-electron chi connectivity index (χ2n) is 17.7. The number of rotatable bonds is 3. The molecule has 4 aliphatic heterocycles. The molecule has 2 aromatic heterocycles. The number of allylic oxidation sites excluding steroid dienone is 1. The van der Waals surface area contributed by atoms with E-state index < -0.39 is 17.0 Å². The summed E-state index contributed by atoms with van der Waals surface area (Å²) < 4.78 is 12.2. The van der Waals surface area contributed by atoms with Gasteiger partial charge in [-0.15, -0.1) is 0 Å². The van der Waals surface area contributed by atoms with Crippen LogP contribution in [0.4, 0.5) is 11.4 Å². The normalized spacial score (nSPS) is 21.2. The predicted octanol–water partition coefficient (Wildman–Crippen LogP) is 8.44. The summed E-state index contributed by atoms with van der Waals surface area (Å²) >= 11 is 0. The molecule has 49 heavy (non-hydrogen) atoms. The van der Waals surface area contributed by atoms with Crippen LogP contribution in [0.15, 0.2) is 42.7 Å². The Morgan fingerprint density at radius 2 is 1.16 bits per heavy atom. The van der Waals surface area contributed by atoms with Gasteiger partial charge in [0, 0.05) is 59.5 Å². The van der Waals surface area contributed by atoms with E-state index in [-0.39, 0.29) is 27.2 Å². The van der Waals surface area contributed by atoms with E-state index >= 15 is 0 Å². The first-order chi connectivity index (χ1) is 22.9. The van der Waals surface area contributed by atoms with Crippen LogP contribution in [0, 0.1) is 6.92 Å². The number of ketones is 1. The zero-order valence-electron chi connectivity index (χ0n) is 30.5. The Morgan fingerprint density at radius 1 is 0.673 bits per heavy atom. The molecular weight excluding hydrogens is 612 g/mol. The summed E-state index contributed by atoms with van der Waals surface area (Å²) in [5.41, 5.74) is 7.78. The fourth-order valence-electron chi connectivity index (χ4n) is 9.15. The van der Waals surface area contributed by atoms with E-state index in [0.29, 0.717) is 16.7 Å². The minimum absolute atomic E-state index is 0.0265. The lowest BCUT2D eigenvalue weighted by molar-refractivity contribution is 0.104. The lowest BCUT2D eigenvalue weighted by Gasteiger charge is -2.48. The van der Waals surface area contributed by atoms with Gasteiger partial charge in [0.05, 0.1) is 5.56 Å². The molecule has 0 N–H and O–H groups in total. The molecular formula is C42H48N2O5. The Balaban J connectivity index is 1.25. The molecule has 0 spiro atoms. The highest BCUT2D eigenvalue weighted by Crippen LogP contribution is 2.53. The molecule has 0 unspecified atom stereocenters. The van der Waals surface area contributed by atoms with Crippen LogP contribution in [0.5, 0.6) is 0 Å². The van der Waals surface area contributed by atoms with E-state index in [9.17, 15) is 14.4 Å². The number of hydrogen-bond donors (Lipinski definition) is 0. The molecule has 0 aliphatic carbocycles. The SMILES string of the molecule is Cc1c(/C=C/C(=O)c2cc3cc4c5c(c3oc2=O)C(C)(C)CCN5CCC4(C)C)c(=O)oc2c3c4c(cc12)C(C)(C)CCN4CCC3(C)C. The first kappa shape index (κ1) is 32.1. The van der Waals surface area contributed by atoms with Crippen molar-refractivity contribution in [3.63, 3.8) is 0 Å². The van der Waals surface area contributed by atoms with Crippen molar-refractivity contribution >= 4 is 45.2 Å². The second-order valence-corrected chi connectivity index (χ2v) is 17.7.